The Labute approximate surface area is 137 Å². The lowest BCUT2D eigenvalue weighted by atomic mass is 10.1. The molecule has 0 amide bonds. The number of aryl methyl sites for hydroxylation is 3. The molecule has 104 valence electrons. The second-order valence-electron chi connectivity index (χ2n) is 4.51. The number of hydrogen-bond acceptors (Lipinski definition) is 1. The molecule has 0 fully saturated rings. The van der Waals surface area contributed by atoms with Crippen LogP contribution in [0, 0.1) is 25.2 Å². The molecule has 0 radical (unpaired) electrons. The fraction of sp³-hybridized carbons (Fsp3) is 0.235. The van der Waals surface area contributed by atoms with Gasteiger partial charge in [0.2, 0.25) is 0 Å². The van der Waals surface area contributed by atoms with Crippen molar-refractivity contribution in [3.05, 3.63) is 67.6 Å². The largest absolute Gasteiger partial charge is 0.192 e. The fourth-order valence-corrected chi connectivity index (χ4v) is 2.13. The van der Waals surface area contributed by atoms with Crippen molar-refractivity contribution in [2.24, 2.45) is 0 Å². The molecule has 0 spiro atoms. The van der Waals surface area contributed by atoms with Crippen LogP contribution >= 0.6 is 31.9 Å². The number of nitriles is 1. The SMILES string of the molecule is CCc1ccc(Br)c(C)c1.Cc1cc(C#N)ccc1Br. The molecule has 0 unspecified atom stereocenters. The summed E-state index contributed by atoms with van der Waals surface area (Å²) in [5.41, 5.74) is 4.53. The topological polar surface area (TPSA) is 23.8 Å². The highest BCUT2D eigenvalue weighted by atomic mass is 79.9. The van der Waals surface area contributed by atoms with E-state index < -0.39 is 0 Å². The van der Waals surface area contributed by atoms with Gasteiger partial charge in [0.1, 0.15) is 0 Å². The molecule has 0 atom stereocenters. The van der Waals surface area contributed by atoms with E-state index in [1.807, 2.05) is 19.1 Å². The maximum atomic E-state index is 8.49. The number of rotatable bonds is 1. The molecule has 0 aromatic heterocycles. The zero-order valence-electron chi connectivity index (χ0n) is 11.9. The molecule has 2 aromatic carbocycles. The summed E-state index contributed by atoms with van der Waals surface area (Å²) in [5, 5.41) is 8.49. The quantitative estimate of drug-likeness (QED) is 0.586. The van der Waals surface area contributed by atoms with Gasteiger partial charge in [0.05, 0.1) is 11.6 Å². The molecule has 20 heavy (non-hydrogen) atoms. The second kappa shape index (κ2) is 8.24. The summed E-state index contributed by atoms with van der Waals surface area (Å²) in [4.78, 5) is 0. The number of benzene rings is 2. The van der Waals surface area contributed by atoms with Gasteiger partial charge in [-0.3, -0.25) is 0 Å². The lowest BCUT2D eigenvalue weighted by Crippen LogP contribution is -1.81. The van der Waals surface area contributed by atoms with Gasteiger partial charge in [-0.2, -0.15) is 5.26 Å². The molecule has 0 heterocycles. The third-order valence-electron chi connectivity index (χ3n) is 2.92. The molecule has 0 aliphatic heterocycles. The smallest absolute Gasteiger partial charge is 0.0991 e. The van der Waals surface area contributed by atoms with E-state index in [2.05, 4.69) is 70.0 Å². The third kappa shape index (κ3) is 5.11. The van der Waals surface area contributed by atoms with Crippen LogP contribution < -0.4 is 0 Å². The first kappa shape index (κ1) is 16.9. The Morgan fingerprint density at radius 1 is 0.950 bits per heavy atom. The van der Waals surface area contributed by atoms with Crippen molar-refractivity contribution in [2.45, 2.75) is 27.2 Å². The van der Waals surface area contributed by atoms with Crippen LogP contribution in [-0.4, -0.2) is 0 Å². The molecule has 0 saturated carbocycles. The van der Waals surface area contributed by atoms with E-state index in [9.17, 15) is 0 Å². The average molecular weight is 395 g/mol. The molecule has 0 bridgehead atoms. The first-order valence-corrected chi connectivity index (χ1v) is 7.97. The Morgan fingerprint density at radius 3 is 1.95 bits per heavy atom. The van der Waals surface area contributed by atoms with Gasteiger partial charge in [-0.1, -0.05) is 50.9 Å². The van der Waals surface area contributed by atoms with Gasteiger partial charge in [0, 0.05) is 8.95 Å². The Morgan fingerprint density at radius 2 is 1.50 bits per heavy atom. The van der Waals surface area contributed by atoms with E-state index in [4.69, 9.17) is 5.26 Å². The molecule has 1 nitrogen and oxygen atoms in total. The minimum atomic E-state index is 0.709. The van der Waals surface area contributed by atoms with Crippen molar-refractivity contribution in [3.63, 3.8) is 0 Å². The summed E-state index contributed by atoms with van der Waals surface area (Å²) >= 11 is 6.81. The molecule has 0 aliphatic rings. The van der Waals surface area contributed by atoms with Gasteiger partial charge in [-0.25, -0.2) is 0 Å². The van der Waals surface area contributed by atoms with Crippen molar-refractivity contribution in [2.75, 3.05) is 0 Å². The lowest BCUT2D eigenvalue weighted by Gasteiger charge is -1.99. The Kier molecular flexibility index (Phi) is 6.98. The summed E-state index contributed by atoms with van der Waals surface area (Å²) in [7, 11) is 0. The van der Waals surface area contributed by atoms with Gasteiger partial charge in [-0.15, -0.1) is 0 Å². The van der Waals surface area contributed by atoms with E-state index >= 15 is 0 Å². The standard InChI is InChI=1S/C9H11Br.C8H6BrN/c1-3-8-4-5-9(10)7(2)6-8;1-6-4-7(5-10)2-3-8(6)9/h4-6H,3H2,1-2H3;2-4H,1H3. The summed E-state index contributed by atoms with van der Waals surface area (Å²) in [6.07, 6.45) is 1.12. The van der Waals surface area contributed by atoms with Gasteiger partial charge in [0.25, 0.3) is 0 Å². The van der Waals surface area contributed by atoms with Crippen molar-refractivity contribution in [1.82, 2.24) is 0 Å². The van der Waals surface area contributed by atoms with Crippen LogP contribution in [0.4, 0.5) is 0 Å². The van der Waals surface area contributed by atoms with E-state index in [1.165, 1.54) is 15.6 Å². The van der Waals surface area contributed by atoms with Crippen LogP contribution in [0.3, 0.4) is 0 Å². The number of hydrogen-bond donors (Lipinski definition) is 0. The van der Waals surface area contributed by atoms with Crippen LogP contribution in [0.25, 0.3) is 0 Å². The summed E-state index contributed by atoms with van der Waals surface area (Å²) in [6.45, 7) is 6.25. The van der Waals surface area contributed by atoms with Crippen molar-refractivity contribution in [3.8, 4) is 6.07 Å². The fourth-order valence-electron chi connectivity index (χ4n) is 1.64. The van der Waals surface area contributed by atoms with Crippen LogP contribution in [0.2, 0.25) is 0 Å². The van der Waals surface area contributed by atoms with Crippen LogP contribution in [-0.2, 0) is 6.42 Å². The zero-order valence-corrected chi connectivity index (χ0v) is 15.0. The lowest BCUT2D eigenvalue weighted by molar-refractivity contribution is 1.13. The van der Waals surface area contributed by atoms with Gasteiger partial charge in [-0.05, 0) is 61.2 Å². The normalized spacial score (nSPS) is 9.40. The van der Waals surface area contributed by atoms with E-state index in [1.54, 1.807) is 6.07 Å². The Hall–Kier alpha value is -1.11. The average Bonchev–Trinajstić information content (AvgIpc) is 2.45. The van der Waals surface area contributed by atoms with E-state index in [-0.39, 0.29) is 0 Å². The summed E-state index contributed by atoms with van der Waals surface area (Å²) in [6, 6.07) is 14.1. The Bertz CT molecular complexity index is 627. The van der Waals surface area contributed by atoms with Crippen LogP contribution in [0.15, 0.2) is 45.3 Å². The van der Waals surface area contributed by atoms with Crippen molar-refractivity contribution >= 4 is 31.9 Å². The van der Waals surface area contributed by atoms with Gasteiger partial charge < -0.3 is 0 Å². The van der Waals surface area contributed by atoms with E-state index in [0.717, 1.165) is 16.5 Å². The molecule has 0 N–H and O–H groups in total. The maximum Gasteiger partial charge on any atom is 0.0991 e. The predicted octanol–water partition coefficient (Wildman–Crippen LogP) is 5.95. The molecule has 0 aliphatic carbocycles. The minimum absolute atomic E-state index is 0.709. The summed E-state index contributed by atoms with van der Waals surface area (Å²) in [5.74, 6) is 0. The molecule has 2 aromatic rings. The molecule has 0 saturated heterocycles. The number of nitrogens with zero attached hydrogens (tertiary/aromatic N) is 1. The predicted molar refractivity (Wildman–Crippen MR) is 91.9 cm³/mol. The summed E-state index contributed by atoms with van der Waals surface area (Å²) < 4.78 is 2.25. The molecular weight excluding hydrogens is 378 g/mol. The first-order valence-electron chi connectivity index (χ1n) is 6.39. The molecular formula is C17H17Br2N. The minimum Gasteiger partial charge on any atom is -0.192 e. The van der Waals surface area contributed by atoms with Crippen LogP contribution in [0.5, 0.6) is 0 Å². The molecule has 3 heteroatoms. The Balaban J connectivity index is 0.000000200. The van der Waals surface area contributed by atoms with Crippen molar-refractivity contribution in [1.29, 1.82) is 5.26 Å². The number of halogens is 2. The molecule has 2 rings (SSSR count). The van der Waals surface area contributed by atoms with E-state index in [0.29, 0.717) is 5.56 Å². The van der Waals surface area contributed by atoms with Crippen LogP contribution in [0.1, 0.15) is 29.2 Å². The monoisotopic (exact) mass is 393 g/mol. The second-order valence-corrected chi connectivity index (χ2v) is 6.22. The first-order chi connectivity index (χ1) is 9.47. The highest BCUT2D eigenvalue weighted by molar-refractivity contribution is 9.10. The zero-order chi connectivity index (χ0) is 15.1. The third-order valence-corrected chi connectivity index (χ3v) is 4.70. The van der Waals surface area contributed by atoms with Crippen molar-refractivity contribution < 1.29 is 0 Å². The highest BCUT2D eigenvalue weighted by Gasteiger charge is 1.94. The maximum absolute atomic E-state index is 8.49. The van der Waals surface area contributed by atoms with Gasteiger partial charge in [0.15, 0.2) is 0 Å². The van der Waals surface area contributed by atoms with Gasteiger partial charge >= 0.3 is 0 Å². The highest BCUT2D eigenvalue weighted by Crippen LogP contribution is 2.17.